The predicted molar refractivity (Wildman–Crippen MR) is 75.5 cm³/mol. The Kier molecular flexibility index (Phi) is 4.92. The molecule has 3 amide bonds. The molecule has 0 saturated carbocycles. The first-order valence-electron chi connectivity index (χ1n) is 6.89. The van der Waals surface area contributed by atoms with Gasteiger partial charge in [-0.2, -0.15) is 0 Å². The van der Waals surface area contributed by atoms with Gasteiger partial charge in [0.2, 0.25) is 17.7 Å². The van der Waals surface area contributed by atoms with Crippen LogP contribution >= 0.6 is 0 Å². The summed E-state index contributed by atoms with van der Waals surface area (Å²) in [6, 6.07) is 8.73. The monoisotopic (exact) mass is 290 g/mol. The lowest BCUT2D eigenvalue weighted by molar-refractivity contribution is -0.149. The Morgan fingerprint density at radius 1 is 1.33 bits per heavy atom. The fourth-order valence-electron chi connectivity index (χ4n) is 2.09. The molecule has 1 atom stereocenters. The van der Waals surface area contributed by atoms with Crippen molar-refractivity contribution in [3.8, 4) is 5.75 Å². The predicted octanol–water partition coefficient (Wildman–Crippen LogP) is 0.719. The van der Waals surface area contributed by atoms with Gasteiger partial charge in [-0.05, 0) is 25.5 Å². The average molecular weight is 290 g/mol. The molecule has 0 aliphatic carbocycles. The van der Waals surface area contributed by atoms with Crippen molar-refractivity contribution in [2.45, 2.75) is 25.8 Å². The van der Waals surface area contributed by atoms with Gasteiger partial charge in [0.05, 0.1) is 6.61 Å². The van der Waals surface area contributed by atoms with E-state index in [1.165, 1.54) is 4.90 Å². The van der Waals surface area contributed by atoms with Crippen molar-refractivity contribution in [2.75, 3.05) is 13.2 Å². The molecule has 112 valence electrons. The van der Waals surface area contributed by atoms with Crippen LogP contribution in [0.4, 0.5) is 0 Å². The number of hydrogen-bond donors (Lipinski definition) is 1. The van der Waals surface area contributed by atoms with Gasteiger partial charge in [0.15, 0.2) is 0 Å². The number of para-hydroxylation sites is 1. The van der Waals surface area contributed by atoms with Gasteiger partial charge in [-0.15, -0.1) is 0 Å². The smallest absolute Gasteiger partial charge is 0.249 e. The Labute approximate surface area is 123 Å². The maximum Gasteiger partial charge on any atom is 0.249 e. The second kappa shape index (κ2) is 6.88. The lowest BCUT2D eigenvalue weighted by Crippen LogP contribution is -2.58. The van der Waals surface area contributed by atoms with Gasteiger partial charge in [-0.25, -0.2) is 0 Å². The molecule has 6 heteroatoms. The molecule has 0 spiro atoms. The van der Waals surface area contributed by atoms with Gasteiger partial charge in [0.25, 0.3) is 0 Å². The first-order valence-corrected chi connectivity index (χ1v) is 6.89. The topological polar surface area (TPSA) is 75.7 Å². The summed E-state index contributed by atoms with van der Waals surface area (Å²) in [6.07, 6.45) is 0.782. The fourth-order valence-corrected chi connectivity index (χ4v) is 2.09. The Bertz CT molecular complexity index is 530. The van der Waals surface area contributed by atoms with E-state index in [-0.39, 0.29) is 18.9 Å². The average Bonchev–Trinajstić information content (AvgIpc) is 2.48. The van der Waals surface area contributed by atoms with Crippen molar-refractivity contribution in [3.05, 3.63) is 30.3 Å². The Hall–Kier alpha value is -2.37. The van der Waals surface area contributed by atoms with Crippen molar-refractivity contribution in [2.24, 2.45) is 0 Å². The quantitative estimate of drug-likeness (QED) is 0.640. The maximum absolute atomic E-state index is 12.0. The number of imide groups is 1. The Morgan fingerprint density at radius 2 is 2.05 bits per heavy atom. The molecule has 0 bridgehead atoms. The summed E-state index contributed by atoms with van der Waals surface area (Å²) in [5.41, 5.74) is 0. The van der Waals surface area contributed by atoms with Crippen LogP contribution in [0.1, 0.15) is 19.8 Å². The van der Waals surface area contributed by atoms with Crippen molar-refractivity contribution < 1.29 is 19.1 Å². The summed E-state index contributed by atoms with van der Waals surface area (Å²) < 4.78 is 5.50. The highest BCUT2D eigenvalue weighted by Gasteiger charge is 2.32. The van der Waals surface area contributed by atoms with E-state index in [1.54, 1.807) is 6.92 Å². The van der Waals surface area contributed by atoms with Crippen LogP contribution in [0.2, 0.25) is 0 Å². The largest absolute Gasteiger partial charge is 0.494 e. The molecule has 1 aliphatic heterocycles. The fraction of sp³-hybridized carbons (Fsp3) is 0.400. The number of amides is 3. The molecule has 6 nitrogen and oxygen atoms in total. The lowest BCUT2D eigenvalue weighted by atomic mass is 10.1. The molecule has 2 rings (SSSR count). The van der Waals surface area contributed by atoms with Crippen molar-refractivity contribution in [1.82, 2.24) is 10.2 Å². The highest BCUT2D eigenvalue weighted by Crippen LogP contribution is 2.11. The third-order valence-electron chi connectivity index (χ3n) is 3.29. The third-order valence-corrected chi connectivity index (χ3v) is 3.29. The molecule has 1 saturated heterocycles. The summed E-state index contributed by atoms with van der Waals surface area (Å²) >= 11 is 0. The summed E-state index contributed by atoms with van der Waals surface area (Å²) in [4.78, 5) is 36.1. The van der Waals surface area contributed by atoms with Crippen LogP contribution in [0.5, 0.6) is 5.75 Å². The second-order valence-electron chi connectivity index (χ2n) is 4.88. The summed E-state index contributed by atoms with van der Waals surface area (Å²) in [5.74, 6) is -0.319. The van der Waals surface area contributed by atoms with Gasteiger partial charge < -0.3 is 9.64 Å². The number of hydrogen-bond acceptors (Lipinski definition) is 4. The summed E-state index contributed by atoms with van der Waals surface area (Å²) in [5, 5.41) is 2.21. The van der Waals surface area contributed by atoms with E-state index in [2.05, 4.69) is 5.32 Å². The molecule has 1 aromatic rings. The minimum Gasteiger partial charge on any atom is -0.494 e. The first kappa shape index (κ1) is 15.0. The lowest BCUT2D eigenvalue weighted by Gasteiger charge is -2.31. The second-order valence-corrected chi connectivity index (χ2v) is 4.88. The minimum atomic E-state index is -0.606. The van der Waals surface area contributed by atoms with E-state index in [1.807, 2.05) is 30.3 Å². The Balaban J connectivity index is 1.76. The zero-order valence-electron chi connectivity index (χ0n) is 11.9. The van der Waals surface area contributed by atoms with Crippen LogP contribution in [-0.2, 0) is 14.4 Å². The van der Waals surface area contributed by atoms with E-state index in [9.17, 15) is 14.4 Å². The number of benzene rings is 1. The van der Waals surface area contributed by atoms with E-state index in [0.717, 1.165) is 5.75 Å². The molecule has 1 fully saturated rings. The van der Waals surface area contributed by atoms with E-state index >= 15 is 0 Å². The van der Waals surface area contributed by atoms with Gasteiger partial charge in [0, 0.05) is 6.42 Å². The molecule has 21 heavy (non-hydrogen) atoms. The molecular formula is C15H18N2O4. The maximum atomic E-state index is 12.0. The SMILES string of the molecule is CC1C(=O)NC(=O)CN1C(=O)CCCOc1ccccc1. The zero-order valence-corrected chi connectivity index (χ0v) is 11.9. The molecule has 1 N–H and O–H groups in total. The number of carbonyl (C=O) groups is 3. The number of nitrogens with one attached hydrogen (secondary N) is 1. The third kappa shape index (κ3) is 4.05. The summed E-state index contributed by atoms with van der Waals surface area (Å²) in [7, 11) is 0. The van der Waals surface area contributed by atoms with Crippen LogP contribution < -0.4 is 10.1 Å². The normalized spacial score (nSPS) is 18.3. The number of rotatable bonds is 5. The van der Waals surface area contributed by atoms with Crippen LogP contribution in [0.25, 0.3) is 0 Å². The van der Waals surface area contributed by atoms with Crippen molar-refractivity contribution >= 4 is 17.7 Å². The summed E-state index contributed by atoms with van der Waals surface area (Å²) in [6.45, 7) is 1.96. The van der Waals surface area contributed by atoms with E-state index < -0.39 is 17.9 Å². The molecule has 0 aromatic heterocycles. The zero-order chi connectivity index (χ0) is 15.2. The minimum absolute atomic E-state index is 0.0642. The molecule has 1 aliphatic rings. The molecular weight excluding hydrogens is 272 g/mol. The van der Waals surface area contributed by atoms with Gasteiger partial charge in [0.1, 0.15) is 18.3 Å². The number of carbonyl (C=O) groups excluding carboxylic acids is 3. The van der Waals surface area contributed by atoms with Crippen LogP contribution in [0.3, 0.4) is 0 Å². The van der Waals surface area contributed by atoms with Gasteiger partial charge in [-0.1, -0.05) is 18.2 Å². The van der Waals surface area contributed by atoms with Crippen LogP contribution in [-0.4, -0.2) is 41.8 Å². The van der Waals surface area contributed by atoms with Crippen LogP contribution in [0, 0.1) is 0 Å². The molecule has 1 aromatic carbocycles. The van der Waals surface area contributed by atoms with Crippen molar-refractivity contribution in [1.29, 1.82) is 0 Å². The first-order chi connectivity index (χ1) is 10.1. The van der Waals surface area contributed by atoms with Crippen LogP contribution in [0.15, 0.2) is 30.3 Å². The van der Waals surface area contributed by atoms with E-state index in [0.29, 0.717) is 13.0 Å². The molecule has 1 heterocycles. The van der Waals surface area contributed by atoms with Gasteiger partial charge in [-0.3, -0.25) is 19.7 Å². The number of ether oxygens (including phenoxy) is 1. The highest BCUT2D eigenvalue weighted by atomic mass is 16.5. The van der Waals surface area contributed by atoms with Gasteiger partial charge >= 0.3 is 0 Å². The molecule has 1 unspecified atom stereocenters. The van der Waals surface area contributed by atoms with Crippen molar-refractivity contribution in [3.63, 3.8) is 0 Å². The number of nitrogens with zero attached hydrogens (tertiary/aromatic N) is 1. The Morgan fingerprint density at radius 3 is 2.76 bits per heavy atom. The number of piperazine rings is 1. The molecule has 0 radical (unpaired) electrons. The van der Waals surface area contributed by atoms with E-state index in [4.69, 9.17) is 4.74 Å². The standard InChI is InChI=1S/C15H18N2O4/c1-11-15(20)16-13(18)10-17(11)14(19)8-5-9-21-12-6-3-2-4-7-12/h2-4,6-7,11H,5,8-10H2,1H3,(H,16,18,20). The highest BCUT2D eigenvalue weighted by molar-refractivity contribution is 6.04.